The van der Waals surface area contributed by atoms with Crippen LogP contribution in [-0.4, -0.2) is 15.8 Å². The lowest BCUT2D eigenvalue weighted by atomic mass is 10.0. The molecule has 2 N–H and O–H groups in total. The number of nitrogens with zero attached hydrogens (tertiary/aromatic N) is 3. The topological polar surface area (TPSA) is 92.7 Å². The van der Waals surface area contributed by atoms with Crippen molar-refractivity contribution in [2.24, 2.45) is 0 Å². The van der Waals surface area contributed by atoms with Gasteiger partial charge in [0.1, 0.15) is 15.5 Å². The van der Waals surface area contributed by atoms with E-state index in [1.165, 1.54) is 6.92 Å². The molecule has 0 unspecified atom stereocenters. The molecular formula is C21H18Cl4N4O. The predicted octanol–water partition coefficient (Wildman–Crippen LogP) is 6.62. The number of rotatable bonds is 3. The van der Waals surface area contributed by atoms with Crippen molar-refractivity contribution in [3.63, 3.8) is 0 Å². The van der Waals surface area contributed by atoms with Gasteiger partial charge in [-0.3, -0.25) is 4.79 Å². The van der Waals surface area contributed by atoms with E-state index < -0.39 is 0 Å². The number of ketones is 1. The molecule has 9 heteroatoms. The third kappa shape index (κ3) is 8.98. The Balaban J connectivity index is 0.000000313. The summed E-state index contributed by atoms with van der Waals surface area (Å²) in [5, 5.41) is 8.53. The van der Waals surface area contributed by atoms with Crippen molar-refractivity contribution >= 4 is 57.9 Å². The summed E-state index contributed by atoms with van der Waals surface area (Å²) in [6.45, 7) is 3.38. The molecule has 0 saturated carbocycles. The fraction of sp³-hybridized carbons (Fsp3) is 0.143. The lowest BCUT2D eigenvalue weighted by Gasteiger charge is -2.04. The van der Waals surface area contributed by atoms with Gasteiger partial charge in [-0.05, 0) is 36.8 Å². The second-order valence-corrected chi connectivity index (χ2v) is 7.28. The summed E-state index contributed by atoms with van der Waals surface area (Å²) < 4.78 is 0. The lowest BCUT2D eigenvalue weighted by Crippen LogP contribution is -2.04. The van der Waals surface area contributed by atoms with Crippen LogP contribution in [0.4, 0.5) is 5.69 Å². The van der Waals surface area contributed by atoms with E-state index in [4.69, 9.17) is 57.4 Å². The lowest BCUT2D eigenvalue weighted by molar-refractivity contribution is 0.0993. The van der Waals surface area contributed by atoms with E-state index in [2.05, 4.69) is 9.97 Å². The van der Waals surface area contributed by atoms with Gasteiger partial charge in [-0.2, -0.15) is 5.26 Å². The number of aryl methyl sites for hydroxylation is 1. The zero-order chi connectivity index (χ0) is 22.7. The van der Waals surface area contributed by atoms with E-state index in [0.29, 0.717) is 27.1 Å². The van der Waals surface area contributed by atoms with Gasteiger partial charge >= 0.3 is 0 Å². The maximum absolute atomic E-state index is 12.1. The van der Waals surface area contributed by atoms with Crippen molar-refractivity contribution in [2.75, 3.05) is 5.73 Å². The number of halogens is 4. The molecule has 2 aromatic heterocycles. The Morgan fingerprint density at radius 1 is 1.00 bits per heavy atom. The summed E-state index contributed by atoms with van der Waals surface area (Å²) in [5.74, 6) is 0.0183. The van der Waals surface area contributed by atoms with Crippen LogP contribution in [0.3, 0.4) is 0 Å². The van der Waals surface area contributed by atoms with Crippen LogP contribution in [0.1, 0.15) is 28.4 Å². The van der Waals surface area contributed by atoms with E-state index in [9.17, 15) is 4.79 Å². The SMILES string of the molecule is CC#N.Cc1cccc(C(=O)Cc2ccc(Cl)nc2Cl)c1.Nc1ccc(Cl)nc1Cl. The standard InChI is InChI=1S/C14H11Cl2NO.C5H4Cl2N2.C2H3N/c1-9-3-2-4-10(7-9)12(18)8-11-5-6-13(15)17-14(11)16;6-4-2-1-3(8)5(7)9-4;1-2-3/h2-7H,8H2,1H3;1-2H,8H2;1H3. The average molecular weight is 484 g/mol. The molecule has 30 heavy (non-hydrogen) atoms. The van der Waals surface area contributed by atoms with Crippen molar-refractivity contribution in [2.45, 2.75) is 20.3 Å². The van der Waals surface area contributed by atoms with E-state index >= 15 is 0 Å². The minimum atomic E-state index is 0.0183. The van der Waals surface area contributed by atoms with Crippen LogP contribution in [0.2, 0.25) is 20.6 Å². The van der Waals surface area contributed by atoms with Crippen molar-refractivity contribution in [1.82, 2.24) is 9.97 Å². The van der Waals surface area contributed by atoms with Gasteiger partial charge in [0.2, 0.25) is 0 Å². The molecule has 0 aliphatic carbocycles. The molecule has 2 heterocycles. The molecule has 5 nitrogen and oxygen atoms in total. The zero-order valence-electron chi connectivity index (χ0n) is 16.2. The number of hydrogen-bond donors (Lipinski definition) is 1. The van der Waals surface area contributed by atoms with Gasteiger partial charge < -0.3 is 5.73 Å². The highest BCUT2D eigenvalue weighted by atomic mass is 35.5. The van der Waals surface area contributed by atoms with Crippen LogP contribution in [0.15, 0.2) is 48.5 Å². The molecule has 0 aliphatic rings. The minimum Gasteiger partial charge on any atom is -0.396 e. The van der Waals surface area contributed by atoms with Crippen LogP contribution in [-0.2, 0) is 6.42 Å². The Hall–Kier alpha value is -2.36. The first kappa shape index (κ1) is 25.7. The first-order chi connectivity index (χ1) is 14.2. The molecule has 0 spiro atoms. The molecule has 1 aromatic carbocycles. The summed E-state index contributed by atoms with van der Waals surface area (Å²) in [6, 6.07) is 15.8. The molecule has 156 valence electrons. The summed E-state index contributed by atoms with van der Waals surface area (Å²) in [6.07, 6.45) is 0.229. The Morgan fingerprint density at radius 3 is 2.07 bits per heavy atom. The second-order valence-electron chi connectivity index (χ2n) is 5.79. The number of carbonyl (C=O) groups excluding carboxylic acids is 1. The van der Waals surface area contributed by atoms with Gasteiger partial charge in [0.05, 0.1) is 11.8 Å². The molecule has 0 bridgehead atoms. The summed E-state index contributed by atoms with van der Waals surface area (Å²) in [4.78, 5) is 19.7. The van der Waals surface area contributed by atoms with Crippen LogP contribution >= 0.6 is 46.4 Å². The maximum atomic E-state index is 12.1. The van der Waals surface area contributed by atoms with Crippen LogP contribution < -0.4 is 5.73 Å². The largest absolute Gasteiger partial charge is 0.396 e. The first-order valence-corrected chi connectivity index (χ1v) is 9.98. The van der Waals surface area contributed by atoms with Gasteiger partial charge in [0, 0.05) is 18.9 Å². The fourth-order valence-corrected chi connectivity index (χ4v) is 2.85. The Morgan fingerprint density at radius 2 is 1.57 bits per heavy atom. The van der Waals surface area contributed by atoms with Crippen LogP contribution in [0.25, 0.3) is 0 Å². The molecule has 0 fully saturated rings. The van der Waals surface area contributed by atoms with E-state index in [-0.39, 0.29) is 22.5 Å². The number of carbonyl (C=O) groups is 1. The number of pyridine rings is 2. The number of nitriles is 1. The number of benzene rings is 1. The number of aromatic nitrogens is 2. The van der Waals surface area contributed by atoms with Gasteiger partial charge in [0.15, 0.2) is 10.9 Å². The molecule has 0 saturated heterocycles. The number of Topliss-reactive ketones (excluding diaryl/α,β-unsaturated/α-hetero) is 1. The van der Waals surface area contributed by atoms with Crippen molar-refractivity contribution < 1.29 is 4.79 Å². The maximum Gasteiger partial charge on any atom is 0.167 e. The first-order valence-electron chi connectivity index (χ1n) is 8.47. The number of nitrogen functional groups attached to an aromatic ring is 1. The molecule has 3 aromatic rings. The fourth-order valence-electron chi connectivity index (χ4n) is 2.09. The van der Waals surface area contributed by atoms with Crippen molar-refractivity contribution in [1.29, 1.82) is 5.26 Å². The van der Waals surface area contributed by atoms with Crippen LogP contribution in [0, 0.1) is 18.3 Å². The normalized spacial score (nSPS) is 9.37. The summed E-state index contributed by atoms with van der Waals surface area (Å²) in [7, 11) is 0. The molecule has 0 radical (unpaired) electrons. The van der Waals surface area contributed by atoms with Gasteiger partial charge in [-0.15, -0.1) is 0 Å². The number of hydrogen-bond acceptors (Lipinski definition) is 5. The predicted molar refractivity (Wildman–Crippen MR) is 123 cm³/mol. The number of nitrogens with two attached hydrogens (primary N) is 1. The Labute approximate surface area is 195 Å². The highest BCUT2D eigenvalue weighted by Crippen LogP contribution is 2.19. The molecule has 0 aliphatic heterocycles. The second kappa shape index (κ2) is 13.0. The number of anilines is 1. The smallest absolute Gasteiger partial charge is 0.167 e. The third-order valence-corrected chi connectivity index (χ3v) is 4.48. The Kier molecular flexibility index (Phi) is 11.2. The highest BCUT2D eigenvalue weighted by Gasteiger charge is 2.10. The van der Waals surface area contributed by atoms with Crippen molar-refractivity contribution in [3.05, 3.63) is 85.8 Å². The Bertz CT molecular complexity index is 1050. The van der Waals surface area contributed by atoms with E-state index in [1.54, 1.807) is 36.4 Å². The zero-order valence-corrected chi connectivity index (χ0v) is 19.2. The van der Waals surface area contributed by atoms with Crippen molar-refractivity contribution in [3.8, 4) is 6.07 Å². The minimum absolute atomic E-state index is 0.0183. The molecule has 3 rings (SSSR count). The summed E-state index contributed by atoms with van der Waals surface area (Å²) in [5.41, 5.74) is 8.21. The molecule has 0 atom stereocenters. The third-order valence-electron chi connectivity index (χ3n) is 3.43. The highest BCUT2D eigenvalue weighted by molar-refractivity contribution is 6.34. The average Bonchev–Trinajstić information content (AvgIpc) is 2.68. The van der Waals surface area contributed by atoms with Gasteiger partial charge in [-0.1, -0.05) is 76.2 Å². The monoisotopic (exact) mass is 482 g/mol. The van der Waals surface area contributed by atoms with E-state index in [1.807, 2.05) is 25.1 Å². The molecular weight excluding hydrogens is 466 g/mol. The summed E-state index contributed by atoms with van der Waals surface area (Å²) >= 11 is 22.6. The van der Waals surface area contributed by atoms with Gasteiger partial charge in [-0.25, -0.2) is 9.97 Å². The van der Waals surface area contributed by atoms with Crippen LogP contribution in [0.5, 0.6) is 0 Å². The van der Waals surface area contributed by atoms with Gasteiger partial charge in [0.25, 0.3) is 0 Å². The molecule has 0 amide bonds. The van der Waals surface area contributed by atoms with E-state index in [0.717, 1.165) is 5.56 Å². The quantitative estimate of drug-likeness (QED) is 0.333.